The predicted molar refractivity (Wildman–Crippen MR) is 83.9 cm³/mol. The second kappa shape index (κ2) is 6.95. The number of benzene rings is 1. The molecule has 0 spiro atoms. The van der Waals surface area contributed by atoms with Gasteiger partial charge in [0.25, 0.3) is 0 Å². The molecule has 1 atom stereocenters. The van der Waals surface area contributed by atoms with Gasteiger partial charge in [0.2, 0.25) is 0 Å². The molecule has 19 heavy (non-hydrogen) atoms. The topological polar surface area (TPSA) is 15.3 Å². The monoisotopic (exact) mass is 260 g/mol. The fraction of sp³-hybridized carbons (Fsp3) is 0.647. The molecular formula is C17H28N2. The molecule has 1 heterocycles. The fourth-order valence-electron chi connectivity index (χ4n) is 2.88. The average Bonchev–Trinajstić information content (AvgIpc) is 2.45. The molecule has 2 rings (SSSR count). The van der Waals surface area contributed by atoms with Crippen LogP contribution >= 0.6 is 0 Å². The highest BCUT2D eigenvalue weighted by Gasteiger charge is 2.24. The Bertz CT molecular complexity index is 369. The number of hydrogen-bond acceptors (Lipinski definition) is 2. The Kier molecular flexibility index (Phi) is 5.26. The Morgan fingerprint density at radius 3 is 2.63 bits per heavy atom. The van der Waals surface area contributed by atoms with Gasteiger partial charge in [0, 0.05) is 31.4 Å². The molecule has 2 heteroatoms. The molecule has 0 aromatic heterocycles. The first-order valence-electron chi connectivity index (χ1n) is 7.78. The zero-order valence-corrected chi connectivity index (χ0v) is 12.7. The minimum atomic E-state index is 0.621. The minimum absolute atomic E-state index is 0.621. The van der Waals surface area contributed by atoms with E-state index in [1.54, 1.807) is 0 Å². The van der Waals surface area contributed by atoms with E-state index in [-0.39, 0.29) is 0 Å². The molecule has 0 saturated carbocycles. The van der Waals surface area contributed by atoms with Gasteiger partial charge in [-0.15, -0.1) is 0 Å². The van der Waals surface area contributed by atoms with Crippen LogP contribution < -0.4 is 10.2 Å². The predicted octanol–water partition coefficient (Wildman–Crippen LogP) is 3.46. The van der Waals surface area contributed by atoms with Gasteiger partial charge in [-0.2, -0.15) is 0 Å². The van der Waals surface area contributed by atoms with Crippen LogP contribution in [-0.2, 0) is 6.42 Å². The number of aryl methyl sites for hydroxylation is 1. The van der Waals surface area contributed by atoms with E-state index in [0.717, 1.165) is 19.6 Å². The summed E-state index contributed by atoms with van der Waals surface area (Å²) in [5.74, 6) is 0.688. The molecule has 1 aliphatic rings. The highest BCUT2D eigenvalue weighted by Crippen LogP contribution is 2.23. The van der Waals surface area contributed by atoms with Gasteiger partial charge < -0.3 is 10.2 Å². The summed E-state index contributed by atoms with van der Waals surface area (Å²) < 4.78 is 0. The third-order valence-electron chi connectivity index (χ3n) is 4.14. The van der Waals surface area contributed by atoms with E-state index in [1.165, 1.54) is 30.5 Å². The Morgan fingerprint density at radius 2 is 2.00 bits per heavy atom. The number of hydrogen-bond donors (Lipinski definition) is 1. The van der Waals surface area contributed by atoms with Crippen LogP contribution in [0, 0.1) is 5.92 Å². The molecule has 106 valence electrons. The SMILES string of the molecule is CCCCc1ccc(N2CCNCC2C(C)C)cc1. The van der Waals surface area contributed by atoms with Crippen molar-refractivity contribution in [3.63, 3.8) is 0 Å². The van der Waals surface area contributed by atoms with E-state index in [0.29, 0.717) is 12.0 Å². The molecule has 2 nitrogen and oxygen atoms in total. The molecule has 1 unspecified atom stereocenters. The van der Waals surface area contributed by atoms with Crippen molar-refractivity contribution in [3.05, 3.63) is 29.8 Å². The molecule has 0 aliphatic carbocycles. The molecule has 1 aromatic rings. The number of anilines is 1. The maximum atomic E-state index is 3.51. The second-order valence-corrected chi connectivity index (χ2v) is 5.98. The third-order valence-corrected chi connectivity index (χ3v) is 4.14. The molecule has 1 aliphatic heterocycles. The van der Waals surface area contributed by atoms with Crippen LogP contribution in [-0.4, -0.2) is 25.7 Å². The molecule has 1 fully saturated rings. The fourth-order valence-corrected chi connectivity index (χ4v) is 2.88. The highest BCUT2D eigenvalue weighted by molar-refractivity contribution is 5.49. The first-order valence-corrected chi connectivity index (χ1v) is 7.78. The van der Waals surface area contributed by atoms with E-state index >= 15 is 0 Å². The Labute approximate surface area is 118 Å². The van der Waals surface area contributed by atoms with Gasteiger partial charge in [0.1, 0.15) is 0 Å². The summed E-state index contributed by atoms with van der Waals surface area (Å²) in [5, 5.41) is 3.51. The van der Waals surface area contributed by atoms with Gasteiger partial charge in [-0.25, -0.2) is 0 Å². The number of nitrogens with one attached hydrogen (secondary N) is 1. The molecule has 0 radical (unpaired) electrons. The van der Waals surface area contributed by atoms with Gasteiger partial charge in [-0.3, -0.25) is 0 Å². The zero-order valence-electron chi connectivity index (χ0n) is 12.7. The molecule has 0 amide bonds. The highest BCUT2D eigenvalue weighted by atomic mass is 15.2. The molecule has 1 N–H and O–H groups in total. The summed E-state index contributed by atoms with van der Waals surface area (Å²) in [6, 6.07) is 9.86. The van der Waals surface area contributed by atoms with Crippen molar-refractivity contribution >= 4 is 5.69 Å². The second-order valence-electron chi connectivity index (χ2n) is 5.98. The van der Waals surface area contributed by atoms with Crippen LogP contribution in [0.3, 0.4) is 0 Å². The summed E-state index contributed by atoms with van der Waals surface area (Å²) in [6.07, 6.45) is 3.78. The molecular weight excluding hydrogens is 232 g/mol. The van der Waals surface area contributed by atoms with Crippen LogP contribution in [0.2, 0.25) is 0 Å². The van der Waals surface area contributed by atoms with Crippen molar-refractivity contribution in [1.29, 1.82) is 0 Å². The summed E-state index contributed by atoms with van der Waals surface area (Å²) in [6.45, 7) is 10.2. The van der Waals surface area contributed by atoms with Gasteiger partial charge in [0.05, 0.1) is 0 Å². The van der Waals surface area contributed by atoms with Crippen LogP contribution in [0.4, 0.5) is 5.69 Å². The maximum absolute atomic E-state index is 3.51. The number of nitrogens with zero attached hydrogens (tertiary/aromatic N) is 1. The van der Waals surface area contributed by atoms with E-state index in [2.05, 4.69) is 55.3 Å². The van der Waals surface area contributed by atoms with Gasteiger partial charge in [0.15, 0.2) is 0 Å². The van der Waals surface area contributed by atoms with Crippen molar-refractivity contribution < 1.29 is 0 Å². The molecule has 0 bridgehead atoms. The van der Waals surface area contributed by atoms with E-state index < -0.39 is 0 Å². The zero-order chi connectivity index (χ0) is 13.7. The average molecular weight is 260 g/mol. The lowest BCUT2D eigenvalue weighted by molar-refractivity contribution is 0.390. The Morgan fingerprint density at radius 1 is 1.26 bits per heavy atom. The molecule has 1 aromatic carbocycles. The third kappa shape index (κ3) is 3.73. The summed E-state index contributed by atoms with van der Waals surface area (Å²) >= 11 is 0. The van der Waals surface area contributed by atoms with Crippen LogP contribution in [0.5, 0.6) is 0 Å². The summed E-state index contributed by atoms with van der Waals surface area (Å²) in [7, 11) is 0. The Hall–Kier alpha value is -1.02. The lowest BCUT2D eigenvalue weighted by atomic mass is 9.99. The lowest BCUT2D eigenvalue weighted by Gasteiger charge is -2.40. The van der Waals surface area contributed by atoms with Crippen LogP contribution in [0.1, 0.15) is 39.2 Å². The van der Waals surface area contributed by atoms with Gasteiger partial charge >= 0.3 is 0 Å². The van der Waals surface area contributed by atoms with E-state index in [1.807, 2.05) is 0 Å². The van der Waals surface area contributed by atoms with Crippen molar-refractivity contribution in [2.45, 2.75) is 46.1 Å². The normalized spacial score (nSPS) is 20.0. The van der Waals surface area contributed by atoms with Crippen molar-refractivity contribution in [1.82, 2.24) is 5.32 Å². The van der Waals surface area contributed by atoms with E-state index in [9.17, 15) is 0 Å². The first-order chi connectivity index (χ1) is 9.22. The quantitative estimate of drug-likeness (QED) is 0.872. The van der Waals surface area contributed by atoms with Gasteiger partial charge in [-0.1, -0.05) is 39.3 Å². The maximum Gasteiger partial charge on any atom is 0.0437 e. The van der Waals surface area contributed by atoms with Crippen LogP contribution in [0.25, 0.3) is 0 Å². The summed E-state index contributed by atoms with van der Waals surface area (Å²) in [5.41, 5.74) is 2.86. The number of unbranched alkanes of at least 4 members (excludes halogenated alkanes) is 1. The lowest BCUT2D eigenvalue weighted by Crippen LogP contribution is -2.53. The largest absolute Gasteiger partial charge is 0.366 e. The minimum Gasteiger partial charge on any atom is -0.366 e. The van der Waals surface area contributed by atoms with Gasteiger partial charge in [-0.05, 0) is 36.5 Å². The smallest absolute Gasteiger partial charge is 0.0437 e. The summed E-state index contributed by atoms with van der Waals surface area (Å²) in [4.78, 5) is 2.57. The Balaban J connectivity index is 2.07. The number of rotatable bonds is 5. The molecule has 1 saturated heterocycles. The van der Waals surface area contributed by atoms with Crippen LogP contribution in [0.15, 0.2) is 24.3 Å². The number of piperazine rings is 1. The van der Waals surface area contributed by atoms with Crippen molar-refractivity contribution in [3.8, 4) is 0 Å². The van der Waals surface area contributed by atoms with Crippen molar-refractivity contribution in [2.75, 3.05) is 24.5 Å². The van der Waals surface area contributed by atoms with E-state index in [4.69, 9.17) is 0 Å². The first kappa shape index (κ1) is 14.4. The van der Waals surface area contributed by atoms with Crippen molar-refractivity contribution in [2.24, 2.45) is 5.92 Å². The standard InChI is InChI=1S/C17H28N2/c1-4-5-6-15-7-9-16(10-8-15)19-12-11-18-13-17(19)14(2)3/h7-10,14,17-18H,4-6,11-13H2,1-3H3.